The maximum atomic E-state index is 12.3. The highest BCUT2D eigenvalue weighted by atomic mass is 32.2. The Hall–Kier alpha value is -0.910. The molecular formula is C17H29N3O2S. The number of unbranched alkanes of at least 4 members (excludes halogenated alkanes) is 1. The Morgan fingerprint density at radius 3 is 2.74 bits per heavy atom. The van der Waals surface area contributed by atoms with Gasteiger partial charge in [-0.2, -0.15) is 11.8 Å². The molecule has 3 aliphatic heterocycles. The van der Waals surface area contributed by atoms with E-state index in [0.717, 1.165) is 50.9 Å². The zero-order chi connectivity index (χ0) is 16.4. The first kappa shape index (κ1) is 16.9. The minimum absolute atomic E-state index is 0.0199. The molecule has 6 heteroatoms. The van der Waals surface area contributed by atoms with Crippen LogP contribution in [-0.4, -0.2) is 53.0 Å². The summed E-state index contributed by atoms with van der Waals surface area (Å²) in [7, 11) is 0. The average molecular weight is 340 g/mol. The second kappa shape index (κ2) is 6.91. The van der Waals surface area contributed by atoms with Crippen molar-refractivity contribution < 1.29 is 9.59 Å². The summed E-state index contributed by atoms with van der Waals surface area (Å²) in [4.78, 5) is 25.7. The summed E-state index contributed by atoms with van der Waals surface area (Å²) >= 11 is 1.95. The highest BCUT2D eigenvalue weighted by molar-refractivity contribution is 8.00. The molecule has 0 spiro atoms. The average Bonchev–Trinajstić information content (AvgIpc) is 3.03. The molecule has 0 aliphatic carbocycles. The third-order valence-electron chi connectivity index (χ3n) is 5.54. The zero-order valence-corrected chi connectivity index (χ0v) is 15.1. The first-order valence-corrected chi connectivity index (χ1v) is 9.96. The highest BCUT2D eigenvalue weighted by Crippen LogP contribution is 2.33. The summed E-state index contributed by atoms with van der Waals surface area (Å²) in [5.41, 5.74) is 0.396. The molecule has 3 atom stereocenters. The van der Waals surface area contributed by atoms with E-state index in [1.165, 1.54) is 0 Å². The molecule has 3 unspecified atom stereocenters. The van der Waals surface area contributed by atoms with Crippen molar-refractivity contribution in [2.45, 2.75) is 69.7 Å². The van der Waals surface area contributed by atoms with Gasteiger partial charge in [-0.3, -0.25) is 4.79 Å². The number of piperidine rings is 1. The Bertz CT molecular complexity index is 459. The summed E-state index contributed by atoms with van der Waals surface area (Å²) in [6, 6.07) is 0.567. The molecule has 3 fully saturated rings. The molecule has 5 nitrogen and oxygen atoms in total. The lowest BCUT2D eigenvalue weighted by Crippen LogP contribution is -2.41. The van der Waals surface area contributed by atoms with E-state index in [9.17, 15) is 9.59 Å². The number of carbonyl (C=O) groups excluding carboxylic acids is 2. The number of rotatable bonds is 5. The van der Waals surface area contributed by atoms with Crippen LogP contribution in [0, 0.1) is 5.41 Å². The van der Waals surface area contributed by atoms with Gasteiger partial charge in [0.1, 0.15) is 0 Å². The molecule has 3 rings (SSSR count). The van der Waals surface area contributed by atoms with Crippen molar-refractivity contribution in [1.82, 2.24) is 15.5 Å². The number of hydrogen-bond donors (Lipinski definition) is 2. The molecule has 0 saturated carbocycles. The van der Waals surface area contributed by atoms with Crippen molar-refractivity contribution in [3.05, 3.63) is 0 Å². The lowest BCUT2D eigenvalue weighted by molar-refractivity contribution is -0.133. The van der Waals surface area contributed by atoms with E-state index in [1.54, 1.807) is 0 Å². The van der Waals surface area contributed by atoms with Crippen LogP contribution >= 0.6 is 11.8 Å². The predicted octanol–water partition coefficient (Wildman–Crippen LogP) is 2.36. The number of amides is 3. The fourth-order valence-electron chi connectivity index (χ4n) is 3.78. The second-order valence-corrected chi connectivity index (χ2v) is 9.18. The van der Waals surface area contributed by atoms with E-state index in [4.69, 9.17) is 0 Å². The van der Waals surface area contributed by atoms with E-state index in [0.29, 0.717) is 29.0 Å². The number of likely N-dealkylation sites (tertiary alicyclic amines) is 1. The van der Waals surface area contributed by atoms with Gasteiger partial charge >= 0.3 is 6.03 Å². The van der Waals surface area contributed by atoms with Crippen LogP contribution in [-0.2, 0) is 4.79 Å². The van der Waals surface area contributed by atoms with Crippen LogP contribution in [0.4, 0.5) is 4.79 Å². The molecule has 0 aromatic heterocycles. The number of thioether (sulfide) groups is 1. The lowest BCUT2D eigenvalue weighted by atomic mass is 9.82. The SMILES string of the molecule is CC1(C)CCN(C(=O)CCCCC2SCC3NC(=O)NC32)CC1. The minimum Gasteiger partial charge on any atom is -0.343 e. The number of fused-ring (bicyclic) bond motifs is 1. The van der Waals surface area contributed by atoms with Crippen molar-refractivity contribution in [3.63, 3.8) is 0 Å². The summed E-state index contributed by atoms with van der Waals surface area (Å²) in [5.74, 6) is 1.34. The number of carbonyl (C=O) groups is 2. The number of nitrogens with one attached hydrogen (secondary N) is 2. The molecule has 0 aromatic carbocycles. The molecule has 23 heavy (non-hydrogen) atoms. The number of nitrogens with zero attached hydrogens (tertiary/aromatic N) is 1. The fraction of sp³-hybridized carbons (Fsp3) is 0.882. The lowest BCUT2D eigenvalue weighted by Gasteiger charge is -2.37. The molecule has 3 heterocycles. The van der Waals surface area contributed by atoms with Crippen LogP contribution in [0.2, 0.25) is 0 Å². The summed E-state index contributed by atoms with van der Waals surface area (Å²) in [6.07, 6.45) is 6.04. The first-order valence-electron chi connectivity index (χ1n) is 8.91. The molecular weight excluding hydrogens is 310 g/mol. The van der Waals surface area contributed by atoms with Crippen LogP contribution in [0.3, 0.4) is 0 Å². The van der Waals surface area contributed by atoms with E-state index in [1.807, 2.05) is 16.7 Å². The van der Waals surface area contributed by atoms with Crippen LogP contribution in [0.1, 0.15) is 52.4 Å². The first-order chi connectivity index (χ1) is 10.9. The molecule has 0 radical (unpaired) electrons. The molecule has 3 aliphatic rings. The normalized spacial score (nSPS) is 32.3. The van der Waals surface area contributed by atoms with Gasteiger partial charge in [-0.1, -0.05) is 20.3 Å². The van der Waals surface area contributed by atoms with Gasteiger partial charge in [0.05, 0.1) is 12.1 Å². The van der Waals surface area contributed by atoms with Gasteiger partial charge in [-0.25, -0.2) is 4.79 Å². The summed E-state index contributed by atoms with van der Waals surface area (Å²) in [5, 5.41) is 6.51. The fourth-order valence-corrected chi connectivity index (χ4v) is 5.33. The Labute approximate surface area is 143 Å². The van der Waals surface area contributed by atoms with Crippen molar-refractivity contribution in [2.75, 3.05) is 18.8 Å². The zero-order valence-electron chi connectivity index (χ0n) is 14.3. The Morgan fingerprint density at radius 2 is 2.00 bits per heavy atom. The standard InChI is InChI=1S/C17H29N3O2S/c1-17(2)7-9-20(10-8-17)14(21)6-4-3-5-13-15-12(11-23-13)18-16(22)19-15/h12-13,15H,3-11H2,1-2H3,(H2,18,19,22). The minimum atomic E-state index is -0.0199. The second-order valence-electron chi connectivity index (χ2n) is 7.91. The molecule has 130 valence electrons. The smallest absolute Gasteiger partial charge is 0.315 e. The third kappa shape index (κ3) is 4.14. The van der Waals surface area contributed by atoms with Crippen LogP contribution < -0.4 is 10.6 Å². The molecule has 0 aromatic rings. The summed E-state index contributed by atoms with van der Waals surface area (Å²) < 4.78 is 0. The van der Waals surface area contributed by atoms with Crippen LogP contribution in [0.15, 0.2) is 0 Å². The molecule has 0 bridgehead atoms. The van der Waals surface area contributed by atoms with Crippen molar-refractivity contribution in [2.24, 2.45) is 5.41 Å². The molecule has 2 N–H and O–H groups in total. The quantitative estimate of drug-likeness (QED) is 0.597. The Morgan fingerprint density at radius 1 is 1.26 bits per heavy atom. The molecule has 3 saturated heterocycles. The van der Waals surface area contributed by atoms with Gasteiger partial charge in [-0.05, 0) is 31.1 Å². The van der Waals surface area contributed by atoms with Gasteiger partial charge in [-0.15, -0.1) is 0 Å². The third-order valence-corrected chi connectivity index (χ3v) is 7.05. The number of urea groups is 1. The van der Waals surface area contributed by atoms with E-state index < -0.39 is 0 Å². The maximum Gasteiger partial charge on any atom is 0.315 e. The largest absolute Gasteiger partial charge is 0.343 e. The highest BCUT2D eigenvalue weighted by Gasteiger charge is 2.42. The van der Waals surface area contributed by atoms with E-state index >= 15 is 0 Å². The topological polar surface area (TPSA) is 61.4 Å². The maximum absolute atomic E-state index is 12.3. The monoisotopic (exact) mass is 339 g/mol. The van der Waals surface area contributed by atoms with Crippen LogP contribution in [0.25, 0.3) is 0 Å². The van der Waals surface area contributed by atoms with E-state index in [-0.39, 0.29) is 12.1 Å². The predicted molar refractivity (Wildman–Crippen MR) is 93.6 cm³/mol. The van der Waals surface area contributed by atoms with Crippen molar-refractivity contribution in [1.29, 1.82) is 0 Å². The molecule has 3 amide bonds. The Balaban J connectivity index is 1.33. The van der Waals surface area contributed by atoms with Crippen molar-refractivity contribution in [3.8, 4) is 0 Å². The van der Waals surface area contributed by atoms with E-state index in [2.05, 4.69) is 24.5 Å². The van der Waals surface area contributed by atoms with Gasteiger partial charge < -0.3 is 15.5 Å². The number of hydrogen-bond acceptors (Lipinski definition) is 3. The Kier molecular flexibility index (Phi) is 5.09. The van der Waals surface area contributed by atoms with Gasteiger partial charge in [0.15, 0.2) is 0 Å². The van der Waals surface area contributed by atoms with Gasteiger partial charge in [0.25, 0.3) is 0 Å². The van der Waals surface area contributed by atoms with Crippen LogP contribution in [0.5, 0.6) is 0 Å². The summed E-state index contributed by atoms with van der Waals surface area (Å²) in [6.45, 7) is 6.42. The van der Waals surface area contributed by atoms with Gasteiger partial charge in [0, 0.05) is 30.5 Å². The van der Waals surface area contributed by atoms with Crippen molar-refractivity contribution >= 4 is 23.7 Å². The van der Waals surface area contributed by atoms with Gasteiger partial charge in [0.2, 0.25) is 5.91 Å².